The molecule has 73 heavy (non-hydrogen) atoms. The predicted molar refractivity (Wildman–Crippen MR) is 267 cm³/mol. The Kier molecular flexibility index (Phi) is 21.4. The van der Waals surface area contributed by atoms with Crippen molar-refractivity contribution in [3.05, 3.63) is 82.3 Å². The number of carbonyl (C=O) groups excluding carboxylic acids is 9. The molecule has 0 radical (unpaired) electrons. The van der Waals surface area contributed by atoms with E-state index in [4.69, 9.17) is 5.73 Å². The molecule has 21 nitrogen and oxygen atoms in total. The van der Waals surface area contributed by atoms with Gasteiger partial charge in [-0.3, -0.25) is 48.1 Å². The molecule has 1 aliphatic carbocycles. The number of aliphatic hydroxyl groups excluding tert-OH is 1. The van der Waals surface area contributed by atoms with E-state index in [-0.39, 0.29) is 63.5 Å². The Morgan fingerprint density at radius 3 is 2.27 bits per heavy atom. The van der Waals surface area contributed by atoms with Crippen LogP contribution in [0.3, 0.4) is 0 Å². The summed E-state index contributed by atoms with van der Waals surface area (Å²) in [6.45, 7) is 10.9. The average molecular weight is 1020 g/mol. The number of hydrogen-bond acceptors (Lipinski definition) is 12. The SMILES string of the molecule is CC1C=C(c2cc(C(N(CCC(N)C(=O)NCCC(=O)NCCCCC(NC(=O)C(C)NC(=O)CNC(=O)CN3C(=O)CC(C)(C)C3=O)C(=O)N=O)C(=O)CO)C(C)(C)C)n(Cc3ccccc3)c2)C(F)=CC1. The normalized spacial score (nSPS) is 17.0. The third-order valence-corrected chi connectivity index (χ3v) is 12.5. The minimum atomic E-state index is -1.33. The van der Waals surface area contributed by atoms with Gasteiger partial charge in [0, 0.05) is 67.2 Å². The number of carbonyl (C=O) groups is 9. The summed E-state index contributed by atoms with van der Waals surface area (Å²) in [6.07, 6.45) is 6.32. The Morgan fingerprint density at radius 2 is 1.64 bits per heavy atom. The second kappa shape index (κ2) is 26.7. The summed E-state index contributed by atoms with van der Waals surface area (Å²) in [4.78, 5) is 127. The van der Waals surface area contributed by atoms with Crippen LogP contribution in [-0.4, -0.2) is 130 Å². The van der Waals surface area contributed by atoms with E-state index in [1.165, 1.54) is 11.8 Å². The van der Waals surface area contributed by atoms with Crippen molar-refractivity contribution in [2.75, 3.05) is 39.3 Å². The Morgan fingerprint density at radius 1 is 0.945 bits per heavy atom. The van der Waals surface area contributed by atoms with Crippen molar-refractivity contribution < 1.29 is 52.6 Å². The zero-order valence-electron chi connectivity index (χ0n) is 42.8. The molecule has 0 bridgehead atoms. The number of nitrogens with one attached hydrogen (secondary N) is 5. The molecule has 22 heteroatoms. The summed E-state index contributed by atoms with van der Waals surface area (Å²) >= 11 is 0. The van der Waals surface area contributed by atoms with E-state index in [1.54, 1.807) is 19.9 Å². The van der Waals surface area contributed by atoms with Crippen LogP contribution in [0, 0.1) is 21.7 Å². The Bertz CT molecular complexity index is 2430. The number of imide groups is 1. The van der Waals surface area contributed by atoms with Gasteiger partial charge in [-0.1, -0.05) is 78.0 Å². The van der Waals surface area contributed by atoms with E-state index in [0.29, 0.717) is 36.2 Å². The second-order valence-electron chi connectivity index (χ2n) is 20.3. The molecule has 1 aromatic carbocycles. The van der Waals surface area contributed by atoms with E-state index in [0.717, 1.165) is 10.5 Å². The van der Waals surface area contributed by atoms with Crippen molar-refractivity contribution in [1.82, 2.24) is 41.0 Å². The number of nitroso groups, excluding NO2 is 1. The predicted octanol–water partition coefficient (Wildman–Crippen LogP) is 2.42. The maximum Gasteiger partial charge on any atom is 0.308 e. The molecule has 0 spiro atoms. The first-order chi connectivity index (χ1) is 34.4. The summed E-state index contributed by atoms with van der Waals surface area (Å²) < 4.78 is 17.3. The number of aromatic nitrogens is 1. The molecule has 1 fully saturated rings. The number of allylic oxidation sites excluding steroid dienone is 4. The van der Waals surface area contributed by atoms with Crippen LogP contribution in [0.25, 0.3) is 5.57 Å². The minimum Gasteiger partial charge on any atom is -0.387 e. The number of aliphatic hydroxyl groups is 1. The third kappa shape index (κ3) is 17.1. The first-order valence-electron chi connectivity index (χ1n) is 24.5. The number of likely N-dealkylation sites (tertiary alicyclic amines) is 1. The van der Waals surface area contributed by atoms with Crippen LogP contribution in [-0.2, 0) is 49.7 Å². The monoisotopic (exact) mass is 1020 g/mol. The van der Waals surface area contributed by atoms with E-state index in [1.807, 2.05) is 80.9 Å². The summed E-state index contributed by atoms with van der Waals surface area (Å²) in [7, 11) is 0. The molecule has 1 saturated heterocycles. The fourth-order valence-corrected chi connectivity index (χ4v) is 8.62. The quantitative estimate of drug-likeness (QED) is 0.0406. The van der Waals surface area contributed by atoms with Crippen molar-refractivity contribution in [3.8, 4) is 0 Å². The number of benzene rings is 1. The van der Waals surface area contributed by atoms with Gasteiger partial charge in [-0.15, -0.1) is 4.91 Å². The molecule has 1 aromatic heterocycles. The highest BCUT2D eigenvalue weighted by Gasteiger charge is 2.45. The van der Waals surface area contributed by atoms with Crippen molar-refractivity contribution in [3.63, 3.8) is 0 Å². The van der Waals surface area contributed by atoms with Gasteiger partial charge in [-0.05, 0) is 68.1 Å². The molecule has 398 valence electrons. The second-order valence-corrected chi connectivity index (χ2v) is 20.3. The van der Waals surface area contributed by atoms with Crippen LogP contribution >= 0.6 is 0 Å². The topological polar surface area (TPSA) is 301 Å². The smallest absolute Gasteiger partial charge is 0.308 e. The average Bonchev–Trinajstić information content (AvgIpc) is 3.82. The lowest BCUT2D eigenvalue weighted by atomic mass is 9.82. The zero-order valence-corrected chi connectivity index (χ0v) is 42.8. The number of nitrogens with two attached hydrogens (primary N) is 1. The summed E-state index contributed by atoms with van der Waals surface area (Å²) in [5.41, 5.74) is 7.57. The van der Waals surface area contributed by atoms with E-state index >= 15 is 4.39 Å². The van der Waals surface area contributed by atoms with Crippen LogP contribution in [0.4, 0.5) is 4.39 Å². The van der Waals surface area contributed by atoms with Crippen LogP contribution in [0.1, 0.15) is 116 Å². The molecule has 5 atom stereocenters. The van der Waals surface area contributed by atoms with Crippen LogP contribution < -0.4 is 32.3 Å². The van der Waals surface area contributed by atoms with E-state index in [9.17, 15) is 53.2 Å². The van der Waals surface area contributed by atoms with Crippen LogP contribution in [0.5, 0.6) is 0 Å². The van der Waals surface area contributed by atoms with Crippen molar-refractivity contribution in [2.45, 2.75) is 124 Å². The molecule has 5 unspecified atom stereocenters. The maximum atomic E-state index is 15.3. The minimum absolute atomic E-state index is 0.00698. The van der Waals surface area contributed by atoms with Gasteiger partial charge in [-0.2, -0.15) is 0 Å². The summed E-state index contributed by atoms with van der Waals surface area (Å²) in [5, 5.41) is 24.9. The molecule has 0 saturated carbocycles. The van der Waals surface area contributed by atoms with Crippen molar-refractivity contribution >= 4 is 58.7 Å². The number of rotatable bonds is 26. The Balaban J connectivity index is 1.23. The first kappa shape index (κ1) is 58.6. The van der Waals surface area contributed by atoms with Crippen LogP contribution in [0.15, 0.2) is 65.8 Å². The van der Waals surface area contributed by atoms with Gasteiger partial charge in [0.05, 0.1) is 24.0 Å². The number of hydrogen-bond donors (Lipinski definition) is 7. The molecule has 2 heterocycles. The molecule has 2 aromatic rings. The molecule has 4 rings (SSSR count). The molecular weight excluding hydrogens is 948 g/mol. The van der Waals surface area contributed by atoms with Gasteiger partial charge in [0.1, 0.15) is 31.1 Å². The highest BCUT2D eigenvalue weighted by atomic mass is 19.1. The van der Waals surface area contributed by atoms with Gasteiger partial charge in [0.15, 0.2) is 0 Å². The summed E-state index contributed by atoms with van der Waals surface area (Å²) in [5.74, 6) is -6.32. The molecule has 1 aliphatic heterocycles. The highest BCUT2D eigenvalue weighted by molar-refractivity contribution is 6.07. The largest absolute Gasteiger partial charge is 0.387 e. The Hall–Kier alpha value is -6.94. The lowest BCUT2D eigenvalue weighted by molar-refractivity contribution is -0.144. The lowest BCUT2D eigenvalue weighted by Gasteiger charge is -2.41. The number of unbranched alkanes of at least 4 members (excludes halogenated alkanes) is 1. The van der Waals surface area contributed by atoms with Gasteiger partial charge in [0.25, 0.3) is 0 Å². The molecule has 9 amide bonds. The van der Waals surface area contributed by atoms with Gasteiger partial charge in [0.2, 0.25) is 47.3 Å². The standard InChI is InChI=1S/C51H71FN10O11/c1-31-16-17-36(52)35(23-31)34-24-39(60(28-34)27-33-13-9-8-10-14-33)45(50(3,4)5)61(44(68)30-63)22-19-37(53)47(70)55-21-18-40(64)54-20-12-11-15-38(48(71)59-73)58-46(69)32(2)57-41(65)26-56-42(66)29-62-43(67)25-51(6,7)49(62)72/h8-10,13-14,17,23-24,28,31-32,37-38,45,63H,11-12,15-16,18-22,25-27,29-30,53H2,1-7H3,(H,54,64)(H,55,70)(H,56,66)(H,57,65)(H,58,69). The maximum absolute atomic E-state index is 15.3. The third-order valence-electron chi connectivity index (χ3n) is 12.5. The van der Waals surface area contributed by atoms with E-state index in [2.05, 4.69) is 31.8 Å². The number of halogens is 1. The first-order valence-corrected chi connectivity index (χ1v) is 24.5. The fraction of sp³-hybridized carbons (Fsp3) is 0.549. The Labute approximate surface area is 424 Å². The zero-order chi connectivity index (χ0) is 54.2. The van der Waals surface area contributed by atoms with Crippen LogP contribution in [0.2, 0.25) is 0 Å². The lowest BCUT2D eigenvalue weighted by Crippen LogP contribution is -2.52. The molecular formula is C51H71FN10O11. The van der Waals surface area contributed by atoms with Crippen molar-refractivity contribution in [2.24, 2.45) is 27.7 Å². The highest BCUT2D eigenvalue weighted by Crippen LogP contribution is 2.42. The molecule has 8 N–H and O–H groups in total. The summed E-state index contributed by atoms with van der Waals surface area (Å²) in [6, 6.07) is 7.29. The number of amides is 9. The van der Waals surface area contributed by atoms with E-state index < -0.39 is 108 Å². The fourth-order valence-electron chi connectivity index (χ4n) is 8.62. The number of nitrogens with zero attached hydrogens (tertiary/aromatic N) is 4. The van der Waals surface area contributed by atoms with Crippen molar-refractivity contribution in [1.29, 1.82) is 0 Å². The van der Waals surface area contributed by atoms with Gasteiger partial charge in [-0.25, -0.2) is 4.39 Å². The van der Waals surface area contributed by atoms with Gasteiger partial charge < -0.3 is 46.9 Å². The van der Waals surface area contributed by atoms with Gasteiger partial charge >= 0.3 is 5.91 Å². The molecule has 2 aliphatic rings.